The van der Waals surface area contributed by atoms with Gasteiger partial charge in [-0.25, -0.2) is 4.39 Å². The third kappa shape index (κ3) is 3.14. The Kier molecular flexibility index (Phi) is 4.99. The van der Waals surface area contributed by atoms with Crippen molar-refractivity contribution in [3.63, 3.8) is 0 Å². The van der Waals surface area contributed by atoms with Crippen molar-refractivity contribution in [2.24, 2.45) is 0 Å². The van der Waals surface area contributed by atoms with E-state index in [-0.39, 0.29) is 24.3 Å². The van der Waals surface area contributed by atoms with Gasteiger partial charge in [-0.3, -0.25) is 0 Å². The first-order chi connectivity index (χ1) is 6.77. The van der Waals surface area contributed by atoms with Crippen LogP contribution in [0, 0.1) is 5.82 Å². The second kappa shape index (κ2) is 5.80. The molecule has 2 rings (SSSR count). The zero-order valence-corrected chi connectivity index (χ0v) is 10.4. The lowest BCUT2D eigenvalue weighted by atomic mass is 10.1. The smallest absolute Gasteiger partial charge is 0.123 e. The number of morpholine rings is 1. The molecule has 0 radical (unpaired) electrons. The zero-order valence-electron chi connectivity index (χ0n) is 8.00. The Balaban J connectivity index is 0.00000112. The molecule has 1 saturated heterocycles. The summed E-state index contributed by atoms with van der Waals surface area (Å²) in [6.45, 7) is 2.14. The molecule has 84 valence electrons. The van der Waals surface area contributed by atoms with Crippen LogP contribution in [-0.4, -0.2) is 19.8 Å². The molecule has 1 heterocycles. The molecule has 0 bridgehead atoms. The van der Waals surface area contributed by atoms with Crippen molar-refractivity contribution in [1.29, 1.82) is 0 Å². The summed E-state index contributed by atoms with van der Waals surface area (Å²) in [7, 11) is 0. The Labute approximate surface area is 103 Å². The molecule has 0 aromatic heterocycles. The van der Waals surface area contributed by atoms with E-state index in [0.29, 0.717) is 6.61 Å². The maximum absolute atomic E-state index is 13.0. The van der Waals surface area contributed by atoms with Crippen molar-refractivity contribution in [2.45, 2.75) is 6.04 Å². The summed E-state index contributed by atoms with van der Waals surface area (Å²) in [4.78, 5) is 0. The normalized spacial score (nSPS) is 20.8. The lowest BCUT2D eigenvalue weighted by Gasteiger charge is -2.25. The average molecular weight is 297 g/mol. The molecule has 1 aromatic rings. The molecule has 0 spiro atoms. The predicted octanol–water partition coefficient (Wildman–Crippen LogP) is 2.67. The number of hydrogen-bond acceptors (Lipinski definition) is 2. The largest absolute Gasteiger partial charge is 0.378 e. The van der Waals surface area contributed by atoms with Gasteiger partial charge in [0.05, 0.1) is 19.3 Å². The molecule has 0 aliphatic carbocycles. The van der Waals surface area contributed by atoms with Crippen molar-refractivity contribution in [2.75, 3.05) is 19.8 Å². The van der Waals surface area contributed by atoms with E-state index < -0.39 is 0 Å². The topological polar surface area (TPSA) is 21.3 Å². The van der Waals surface area contributed by atoms with Crippen LogP contribution in [0.3, 0.4) is 0 Å². The van der Waals surface area contributed by atoms with Gasteiger partial charge in [-0.15, -0.1) is 12.4 Å². The van der Waals surface area contributed by atoms with E-state index in [4.69, 9.17) is 4.74 Å². The Bertz CT molecular complexity index is 331. The van der Waals surface area contributed by atoms with Crippen LogP contribution in [0.2, 0.25) is 0 Å². The van der Waals surface area contributed by atoms with Crippen LogP contribution < -0.4 is 5.32 Å². The second-order valence-electron chi connectivity index (χ2n) is 3.25. The van der Waals surface area contributed by atoms with E-state index >= 15 is 0 Å². The van der Waals surface area contributed by atoms with E-state index in [0.717, 1.165) is 23.2 Å². The van der Waals surface area contributed by atoms with E-state index in [1.165, 1.54) is 12.1 Å². The molecule has 1 fully saturated rings. The Morgan fingerprint density at radius 2 is 2.27 bits per heavy atom. The highest BCUT2D eigenvalue weighted by Crippen LogP contribution is 2.25. The highest BCUT2D eigenvalue weighted by molar-refractivity contribution is 9.10. The monoisotopic (exact) mass is 295 g/mol. The van der Waals surface area contributed by atoms with Crippen molar-refractivity contribution >= 4 is 28.3 Å². The SMILES string of the molecule is Cl.Fc1ccc(Br)c([C@@H]2COCCN2)c1. The van der Waals surface area contributed by atoms with Gasteiger partial charge in [-0.1, -0.05) is 15.9 Å². The molecule has 0 saturated carbocycles. The van der Waals surface area contributed by atoms with Crippen LogP contribution in [0.4, 0.5) is 4.39 Å². The van der Waals surface area contributed by atoms with Crippen LogP contribution in [0.25, 0.3) is 0 Å². The average Bonchev–Trinajstić information content (AvgIpc) is 2.23. The third-order valence-corrected chi connectivity index (χ3v) is 2.98. The standard InChI is InChI=1S/C10H11BrFNO.ClH/c11-9-2-1-7(12)5-8(9)10-6-14-4-3-13-10;/h1-2,5,10,13H,3-4,6H2;1H/t10-;/m0./s1. The molecule has 0 amide bonds. The number of rotatable bonds is 1. The van der Waals surface area contributed by atoms with E-state index in [9.17, 15) is 4.39 Å². The molecule has 1 aliphatic rings. The molecule has 1 aromatic carbocycles. The minimum Gasteiger partial charge on any atom is -0.378 e. The van der Waals surface area contributed by atoms with Crippen LogP contribution in [-0.2, 0) is 4.74 Å². The Morgan fingerprint density at radius 1 is 1.47 bits per heavy atom. The Hall–Kier alpha value is -0.160. The maximum Gasteiger partial charge on any atom is 0.123 e. The Morgan fingerprint density at radius 3 is 2.93 bits per heavy atom. The van der Waals surface area contributed by atoms with Crippen molar-refractivity contribution < 1.29 is 9.13 Å². The third-order valence-electron chi connectivity index (χ3n) is 2.26. The van der Waals surface area contributed by atoms with Crippen molar-refractivity contribution in [1.82, 2.24) is 5.32 Å². The van der Waals surface area contributed by atoms with Crippen LogP contribution in [0.5, 0.6) is 0 Å². The van der Waals surface area contributed by atoms with Gasteiger partial charge in [0, 0.05) is 11.0 Å². The van der Waals surface area contributed by atoms with Gasteiger partial charge in [-0.2, -0.15) is 0 Å². The fourth-order valence-electron chi connectivity index (χ4n) is 1.55. The molecular weight excluding hydrogens is 284 g/mol. The first-order valence-electron chi connectivity index (χ1n) is 4.53. The van der Waals surface area contributed by atoms with Gasteiger partial charge in [-0.05, 0) is 23.8 Å². The number of benzene rings is 1. The van der Waals surface area contributed by atoms with Gasteiger partial charge in [0.2, 0.25) is 0 Å². The zero-order chi connectivity index (χ0) is 9.97. The maximum atomic E-state index is 13.0. The lowest BCUT2D eigenvalue weighted by Crippen LogP contribution is -2.34. The summed E-state index contributed by atoms with van der Waals surface area (Å²) in [5.74, 6) is -0.212. The second-order valence-corrected chi connectivity index (χ2v) is 4.10. The highest BCUT2D eigenvalue weighted by atomic mass is 79.9. The highest BCUT2D eigenvalue weighted by Gasteiger charge is 2.17. The number of nitrogens with one attached hydrogen (secondary N) is 1. The molecule has 1 N–H and O–H groups in total. The minimum absolute atomic E-state index is 0. The molecule has 1 atom stereocenters. The van der Waals surface area contributed by atoms with Crippen molar-refractivity contribution in [3.05, 3.63) is 34.1 Å². The van der Waals surface area contributed by atoms with E-state index in [1.54, 1.807) is 6.07 Å². The summed E-state index contributed by atoms with van der Waals surface area (Å²) in [5, 5.41) is 3.28. The van der Waals surface area contributed by atoms with Gasteiger partial charge in [0.15, 0.2) is 0 Å². The van der Waals surface area contributed by atoms with Crippen molar-refractivity contribution in [3.8, 4) is 0 Å². The molecule has 15 heavy (non-hydrogen) atoms. The number of halogens is 3. The molecule has 5 heteroatoms. The summed E-state index contributed by atoms with van der Waals surface area (Å²) < 4.78 is 19.3. The summed E-state index contributed by atoms with van der Waals surface area (Å²) >= 11 is 3.40. The van der Waals surface area contributed by atoms with Crippen LogP contribution in [0.1, 0.15) is 11.6 Å². The number of hydrogen-bond donors (Lipinski definition) is 1. The van der Waals surface area contributed by atoms with E-state index in [1.807, 2.05) is 0 Å². The van der Waals surface area contributed by atoms with E-state index in [2.05, 4.69) is 21.2 Å². The first kappa shape index (κ1) is 12.9. The molecular formula is C10H12BrClFNO. The molecule has 2 nitrogen and oxygen atoms in total. The summed E-state index contributed by atoms with van der Waals surface area (Å²) in [6.07, 6.45) is 0. The molecule has 0 unspecified atom stereocenters. The number of ether oxygens (including phenoxy) is 1. The van der Waals surface area contributed by atoms with Crippen LogP contribution >= 0.6 is 28.3 Å². The van der Waals surface area contributed by atoms with Gasteiger partial charge in [0.25, 0.3) is 0 Å². The van der Waals surface area contributed by atoms with Crippen LogP contribution in [0.15, 0.2) is 22.7 Å². The first-order valence-corrected chi connectivity index (χ1v) is 5.33. The fraction of sp³-hybridized carbons (Fsp3) is 0.400. The fourth-order valence-corrected chi connectivity index (χ4v) is 2.07. The molecule has 1 aliphatic heterocycles. The lowest BCUT2D eigenvalue weighted by molar-refractivity contribution is 0.0766. The predicted molar refractivity (Wildman–Crippen MR) is 62.9 cm³/mol. The minimum atomic E-state index is -0.212. The quantitative estimate of drug-likeness (QED) is 0.860. The summed E-state index contributed by atoms with van der Waals surface area (Å²) in [6, 6.07) is 4.79. The van der Waals surface area contributed by atoms with Gasteiger partial charge >= 0.3 is 0 Å². The summed E-state index contributed by atoms with van der Waals surface area (Å²) in [5.41, 5.74) is 0.921. The van der Waals surface area contributed by atoms with Gasteiger partial charge < -0.3 is 10.1 Å². The van der Waals surface area contributed by atoms with Gasteiger partial charge in [0.1, 0.15) is 5.82 Å².